The second-order valence-corrected chi connectivity index (χ2v) is 6.26. The van der Waals surface area contributed by atoms with Crippen LogP contribution in [0, 0.1) is 24.1 Å². The lowest BCUT2D eigenvalue weighted by Gasteiger charge is -2.15. The molecule has 0 bridgehead atoms. The minimum atomic E-state index is -0.612. The lowest BCUT2D eigenvalue weighted by Crippen LogP contribution is -2.14. The summed E-state index contributed by atoms with van der Waals surface area (Å²) in [6.45, 7) is 5.35. The number of halogens is 2. The van der Waals surface area contributed by atoms with Gasteiger partial charge in [0.2, 0.25) is 0 Å². The third kappa shape index (κ3) is 4.35. The van der Waals surface area contributed by atoms with Gasteiger partial charge in [-0.1, -0.05) is 0 Å². The maximum Gasteiger partial charge on any atom is 0.342 e. The summed E-state index contributed by atoms with van der Waals surface area (Å²) in [5.41, 5.74) is 2.27. The SMILES string of the molecule is Cc1ccc2c(Nc3ccc(F)c(C#N)c3)c(C(=O)OC(C)C)cnc2n1.Cl. The normalized spacial score (nSPS) is 10.3. The fourth-order valence-corrected chi connectivity index (χ4v) is 2.57. The van der Waals surface area contributed by atoms with Crippen molar-refractivity contribution in [3.63, 3.8) is 0 Å². The molecule has 6 nitrogen and oxygen atoms in total. The molecule has 0 radical (unpaired) electrons. The number of ether oxygens (including phenoxy) is 1. The van der Waals surface area contributed by atoms with Gasteiger partial charge in [0.1, 0.15) is 17.4 Å². The number of hydrogen-bond donors (Lipinski definition) is 1. The summed E-state index contributed by atoms with van der Waals surface area (Å²) in [5.74, 6) is -1.15. The van der Waals surface area contributed by atoms with Gasteiger partial charge in [0, 0.05) is 23.0 Å². The van der Waals surface area contributed by atoms with Crippen molar-refractivity contribution in [3.05, 3.63) is 59.2 Å². The van der Waals surface area contributed by atoms with E-state index >= 15 is 0 Å². The molecule has 0 aliphatic carbocycles. The minimum absolute atomic E-state index is 0. The molecule has 8 heteroatoms. The van der Waals surface area contributed by atoms with Crippen molar-refractivity contribution in [3.8, 4) is 6.07 Å². The number of nitriles is 1. The monoisotopic (exact) mass is 400 g/mol. The highest BCUT2D eigenvalue weighted by molar-refractivity contribution is 6.05. The first-order valence-corrected chi connectivity index (χ1v) is 8.33. The van der Waals surface area contributed by atoms with E-state index in [1.807, 2.05) is 6.92 Å². The average Bonchev–Trinajstić information content (AvgIpc) is 2.62. The van der Waals surface area contributed by atoms with E-state index in [1.165, 1.54) is 24.4 Å². The molecule has 1 aromatic carbocycles. The number of aryl methyl sites for hydroxylation is 1. The lowest BCUT2D eigenvalue weighted by atomic mass is 10.1. The number of rotatable bonds is 4. The Hall–Kier alpha value is -3.24. The number of nitrogens with zero attached hydrogens (tertiary/aromatic N) is 3. The topological polar surface area (TPSA) is 87.9 Å². The summed E-state index contributed by atoms with van der Waals surface area (Å²) in [5, 5.41) is 12.7. The van der Waals surface area contributed by atoms with Crippen molar-refractivity contribution in [1.82, 2.24) is 9.97 Å². The van der Waals surface area contributed by atoms with E-state index in [1.54, 1.807) is 32.0 Å². The Morgan fingerprint density at radius 2 is 2.04 bits per heavy atom. The zero-order chi connectivity index (χ0) is 19.6. The quantitative estimate of drug-likeness (QED) is 0.640. The summed E-state index contributed by atoms with van der Waals surface area (Å²) in [6.07, 6.45) is 1.10. The second kappa shape index (κ2) is 8.63. The molecule has 2 heterocycles. The molecule has 0 amide bonds. The van der Waals surface area contributed by atoms with E-state index in [4.69, 9.17) is 10.00 Å². The summed E-state index contributed by atoms with van der Waals surface area (Å²) in [6, 6.07) is 9.46. The predicted octanol–water partition coefficient (Wildman–Crippen LogP) is 4.68. The third-order valence-corrected chi connectivity index (χ3v) is 3.79. The average molecular weight is 401 g/mol. The molecule has 28 heavy (non-hydrogen) atoms. The van der Waals surface area contributed by atoms with Crippen molar-refractivity contribution in [2.24, 2.45) is 0 Å². The summed E-state index contributed by atoms with van der Waals surface area (Å²) < 4.78 is 18.9. The molecular formula is C20H18ClFN4O2. The van der Waals surface area contributed by atoms with Gasteiger partial charge in [-0.05, 0) is 51.1 Å². The van der Waals surface area contributed by atoms with Gasteiger partial charge in [0.15, 0.2) is 5.65 Å². The van der Waals surface area contributed by atoms with Crippen molar-refractivity contribution < 1.29 is 13.9 Å². The van der Waals surface area contributed by atoms with Crippen LogP contribution in [0.5, 0.6) is 0 Å². The van der Waals surface area contributed by atoms with E-state index in [9.17, 15) is 9.18 Å². The van der Waals surface area contributed by atoms with Gasteiger partial charge in [-0.2, -0.15) is 5.26 Å². The predicted molar refractivity (Wildman–Crippen MR) is 106 cm³/mol. The van der Waals surface area contributed by atoms with Crippen LogP contribution in [0.2, 0.25) is 0 Å². The first kappa shape index (κ1) is 21.1. The van der Waals surface area contributed by atoms with E-state index in [2.05, 4.69) is 15.3 Å². The Bertz CT molecular complexity index is 1080. The van der Waals surface area contributed by atoms with Crippen LogP contribution >= 0.6 is 12.4 Å². The molecule has 0 saturated carbocycles. The fourth-order valence-electron chi connectivity index (χ4n) is 2.57. The van der Waals surface area contributed by atoms with Crippen LogP contribution in [0.15, 0.2) is 36.5 Å². The van der Waals surface area contributed by atoms with Gasteiger partial charge < -0.3 is 10.1 Å². The number of aromatic nitrogens is 2. The maximum atomic E-state index is 13.6. The van der Waals surface area contributed by atoms with Crippen molar-refractivity contribution in [2.75, 3.05) is 5.32 Å². The third-order valence-electron chi connectivity index (χ3n) is 3.79. The maximum absolute atomic E-state index is 13.6. The first-order chi connectivity index (χ1) is 12.9. The number of hydrogen-bond acceptors (Lipinski definition) is 6. The van der Waals surface area contributed by atoms with Gasteiger partial charge in [-0.25, -0.2) is 19.2 Å². The molecule has 0 unspecified atom stereocenters. The Balaban J connectivity index is 0.00000280. The van der Waals surface area contributed by atoms with Crippen LogP contribution in [0.25, 0.3) is 11.0 Å². The molecule has 0 aliphatic rings. The highest BCUT2D eigenvalue weighted by atomic mass is 35.5. The molecule has 2 aromatic heterocycles. The summed E-state index contributed by atoms with van der Waals surface area (Å²) >= 11 is 0. The van der Waals surface area contributed by atoms with Crippen molar-refractivity contribution in [1.29, 1.82) is 5.26 Å². The minimum Gasteiger partial charge on any atom is -0.459 e. The van der Waals surface area contributed by atoms with Crippen LogP contribution in [0.1, 0.15) is 35.5 Å². The highest BCUT2D eigenvalue weighted by Gasteiger charge is 2.19. The molecule has 3 aromatic rings. The smallest absolute Gasteiger partial charge is 0.342 e. The fraction of sp³-hybridized carbons (Fsp3) is 0.200. The molecule has 3 rings (SSSR count). The number of nitrogens with one attached hydrogen (secondary N) is 1. The Kier molecular flexibility index (Phi) is 6.49. The van der Waals surface area contributed by atoms with E-state index < -0.39 is 11.8 Å². The largest absolute Gasteiger partial charge is 0.459 e. The Labute approximate surface area is 167 Å². The van der Waals surface area contributed by atoms with Crippen LogP contribution < -0.4 is 5.32 Å². The highest BCUT2D eigenvalue weighted by Crippen LogP contribution is 2.30. The Morgan fingerprint density at radius 1 is 1.29 bits per heavy atom. The van der Waals surface area contributed by atoms with Gasteiger partial charge in [0.25, 0.3) is 0 Å². The van der Waals surface area contributed by atoms with Crippen LogP contribution in [-0.4, -0.2) is 22.0 Å². The number of esters is 1. The summed E-state index contributed by atoms with van der Waals surface area (Å²) in [4.78, 5) is 21.1. The van der Waals surface area contributed by atoms with Gasteiger partial charge in [-0.15, -0.1) is 12.4 Å². The number of benzene rings is 1. The van der Waals surface area contributed by atoms with Crippen LogP contribution in [0.4, 0.5) is 15.8 Å². The van der Waals surface area contributed by atoms with Crippen molar-refractivity contribution in [2.45, 2.75) is 26.9 Å². The zero-order valence-corrected chi connectivity index (χ0v) is 16.3. The van der Waals surface area contributed by atoms with Gasteiger partial charge >= 0.3 is 5.97 Å². The van der Waals surface area contributed by atoms with Crippen molar-refractivity contribution >= 4 is 40.8 Å². The van der Waals surface area contributed by atoms with Crippen LogP contribution in [-0.2, 0) is 4.74 Å². The lowest BCUT2D eigenvalue weighted by molar-refractivity contribution is 0.0379. The first-order valence-electron chi connectivity index (χ1n) is 8.33. The molecule has 0 fully saturated rings. The number of anilines is 2. The van der Waals surface area contributed by atoms with E-state index in [0.29, 0.717) is 22.4 Å². The molecule has 0 aliphatic heterocycles. The molecule has 1 N–H and O–H groups in total. The zero-order valence-electron chi connectivity index (χ0n) is 15.5. The molecule has 0 atom stereocenters. The molecular weight excluding hydrogens is 383 g/mol. The van der Waals surface area contributed by atoms with E-state index in [0.717, 1.165) is 5.69 Å². The van der Waals surface area contributed by atoms with Gasteiger partial charge in [-0.3, -0.25) is 0 Å². The standard InChI is InChI=1S/C20H17FN4O2.ClH/c1-11(2)27-20(26)16-10-23-19-15(6-4-12(3)24-19)18(16)25-14-5-7-17(21)13(8-14)9-22;/h4-8,10-11H,1-3H3,(H,23,24,25);1H. The van der Waals surface area contributed by atoms with Gasteiger partial charge in [0.05, 0.1) is 17.4 Å². The molecule has 0 saturated heterocycles. The number of fused-ring (bicyclic) bond motifs is 1. The number of pyridine rings is 2. The number of carbonyl (C=O) groups is 1. The van der Waals surface area contributed by atoms with E-state index in [-0.39, 0.29) is 29.6 Å². The second-order valence-electron chi connectivity index (χ2n) is 6.26. The Morgan fingerprint density at radius 3 is 2.71 bits per heavy atom. The van der Waals surface area contributed by atoms with Crippen LogP contribution in [0.3, 0.4) is 0 Å². The number of carbonyl (C=O) groups excluding carboxylic acids is 1. The summed E-state index contributed by atoms with van der Waals surface area (Å²) in [7, 11) is 0. The molecule has 144 valence electrons. The molecule has 0 spiro atoms.